The zero-order valence-corrected chi connectivity index (χ0v) is 10.6. The Morgan fingerprint density at radius 2 is 1.95 bits per heavy atom. The SMILES string of the molecule is O=Cc1cc(F)c(N(CCCO)C2CCC2)c(F)c1. The second-order valence-corrected chi connectivity index (χ2v) is 4.81. The molecule has 3 nitrogen and oxygen atoms in total. The summed E-state index contributed by atoms with van der Waals surface area (Å²) >= 11 is 0. The van der Waals surface area contributed by atoms with E-state index >= 15 is 0 Å². The van der Waals surface area contributed by atoms with Crippen molar-refractivity contribution >= 4 is 12.0 Å². The summed E-state index contributed by atoms with van der Waals surface area (Å²) < 4.78 is 28.0. The van der Waals surface area contributed by atoms with Crippen molar-refractivity contribution in [2.45, 2.75) is 31.7 Å². The number of carbonyl (C=O) groups excluding carboxylic acids is 1. The first kappa shape index (κ1) is 13.9. The minimum Gasteiger partial charge on any atom is -0.396 e. The highest BCUT2D eigenvalue weighted by Crippen LogP contribution is 2.33. The average Bonchev–Trinajstić information content (AvgIpc) is 2.32. The van der Waals surface area contributed by atoms with Crippen molar-refractivity contribution in [1.29, 1.82) is 0 Å². The molecule has 1 aliphatic rings. The number of nitrogens with zero attached hydrogens (tertiary/aromatic N) is 1. The lowest BCUT2D eigenvalue weighted by Crippen LogP contribution is -2.42. The predicted octanol–water partition coefficient (Wildman–Crippen LogP) is 2.52. The van der Waals surface area contributed by atoms with Crippen molar-refractivity contribution in [1.82, 2.24) is 0 Å². The molecule has 0 radical (unpaired) electrons. The third-order valence-corrected chi connectivity index (χ3v) is 3.54. The van der Waals surface area contributed by atoms with Crippen LogP contribution in [0.2, 0.25) is 0 Å². The molecule has 0 aromatic heterocycles. The molecule has 1 aromatic rings. The van der Waals surface area contributed by atoms with Crippen LogP contribution in [-0.2, 0) is 0 Å². The number of rotatable bonds is 6. The molecule has 2 rings (SSSR count). The van der Waals surface area contributed by atoms with E-state index in [0.717, 1.165) is 31.4 Å². The molecule has 0 heterocycles. The number of halogens is 2. The predicted molar refractivity (Wildman–Crippen MR) is 68.4 cm³/mol. The van der Waals surface area contributed by atoms with E-state index in [9.17, 15) is 13.6 Å². The molecule has 0 unspecified atom stereocenters. The van der Waals surface area contributed by atoms with Gasteiger partial charge in [-0.1, -0.05) is 0 Å². The first-order valence-electron chi connectivity index (χ1n) is 6.49. The number of benzene rings is 1. The summed E-state index contributed by atoms with van der Waals surface area (Å²) in [6.45, 7) is 0.397. The van der Waals surface area contributed by atoms with Gasteiger partial charge in [-0.25, -0.2) is 8.78 Å². The van der Waals surface area contributed by atoms with Gasteiger partial charge in [0.05, 0.1) is 0 Å². The van der Waals surface area contributed by atoms with Gasteiger partial charge in [-0.05, 0) is 37.8 Å². The van der Waals surface area contributed by atoms with Crippen LogP contribution in [0.4, 0.5) is 14.5 Å². The molecule has 1 aliphatic carbocycles. The fourth-order valence-corrected chi connectivity index (χ4v) is 2.34. The Labute approximate surface area is 110 Å². The number of carbonyl (C=O) groups is 1. The molecule has 0 atom stereocenters. The molecule has 1 saturated carbocycles. The molecule has 0 bridgehead atoms. The number of hydrogen-bond donors (Lipinski definition) is 1. The minimum absolute atomic E-state index is 0.00512. The molecule has 1 fully saturated rings. The van der Waals surface area contributed by atoms with Gasteiger partial charge in [0.2, 0.25) is 0 Å². The van der Waals surface area contributed by atoms with Gasteiger partial charge in [0.15, 0.2) is 0 Å². The number of hydrogen-bond acceptors (Lipinski definition) is 3. The molecule has 1 N–H and O–H groups in total. The number of aldehydes is 1. The van der Waals surface area contributed by atoms with E-state index in [1.165, 1.54) is 0 Å². The highest BCUT2D eigenvalue weighted by molar-refractivity contribution is 5.76. The zero-order valence-electron chi connectivity index (χ0n) is 10.6. The topological polar surface area (TPSA) is 40.5 Å². The summed E-state index contributed by atoms with van der Waals surface area (Å²) in [7, 11) is 0. The highest BCUT2D eigenvalue weighted by atomic mass is 19.1. The van der Waals surface area contributed by atoms with E-state index in [0.29, 0.717) is 19.3 Å². The van der Waals surface area contributed by atoms with Crippen molar-refractivity contribution in [3.63, 3.8) is 0 Å². The van der Waals surface area contributed by atoms with Crippen LogP contribution in [0.1, 0.15) is 36.0 Å². The van der Waals surface area contributed by atoms with Gasteiger partial charge in [0.1, 0.15) is 23.6 Å². The van der Waals surface area contributed by atoms with Crippen LogP contribution in [0, 0.1) is 11.6 Å². The first-order valence-corrected chi connectivity index (χ1v) is 6.49. The highest BCUT2D eigenvalue weighted by Gasteiger charge is 2.28. The summed E-state index contributed by atoms with van der Waals surface area (Å²) in [5.74, 6) is -1.43. The third kappa shape index (κ3) is 2.92. The standard InChI is InChI=1S/C14H17F2NO2/c15-12-7-10(9-19)8-13(16)14(12)17(5-2-6-18)11-3-1-4-11/h7-9,11,18H,1-6H2. The van der Waals surface area contributed by atoms with Crippen molar-refractivity contribution in [3.8, 4) is 0 Å². The van der Waals surface area contributed by atoms with Crippen LogP contribution in [-0.4, -0.2) is 30.6 Å². The fraction of sp³-hybridized carbons (Fsp3) is 0.500. The lowest BCUT2D eigenvalue weighted by molar-refractivity contribution is 0.112. The summed E-state index contributed by atoms with van der Waals surface area (Å²) in [5, 5.41) is 8.89. The summed E-state index contributed by atoms with van der Waals surface area (Å²) in [6.07, 6.45) is 3.75. The van der Waals surface area contributed by atoms with Crippen LogP contribution in [0.25, 0.3) is 0 Å². The van der Waals surface area contributed by atoms with E-state index in [1.807, 2.05) is 0 Å². The maximum atomic E-state index is 14.0. The van der Waals surface area contributed by atoms with Crippen LogP contribution >= 0.6 is 0 Å². The normalized spacial score (nSPS) is 15.1. The summed E-state index contributed by atoms with van der Waals surface area (Å²) in [4.78, 5) is 12.3. The Morgan fingerprint density at radius 1 is 1.32 bits per heavy atom. The Hall–Kier alpha value is -1.49. The summed E-state index contributed by atoms with van der Waals surface area (Å²) in [5.41, 5.74) is -0.0850. The van der Waals surface area contributed by atoms with Gasteiger partial charge in [0, 0.05) is 24.8 Å². The average molecular weight is 269 g/mol. The Morgan fingerprint density at radius 3 is 2.37 bits per heavy atom. The first-order chi connectivity index (χ1) is 9.17. The minimum atomic E-state index is -0.716. The van der Waals surface area contributed by atoms with Crippen molar-refractivity contribution < 1.29 is 18.7 Å². The largest absolute Gasteiger partial charge is 0.396 e. The van der Waals surface area contributed by atoms with Crippen molar-refractivity contribution in [2.24, 2.45) is 0 Å². The van der Waals surface area contributed by atoms with Crippen LogP contribution in [0.15, 0.2) is 12.1 Å². The number of anilines is 1. The quantitative estimate of drug-likeness (QED) is 0.807. The Kier molecular flexibility index (Phi) is 4.47. The number of aliphatic hydroxyl groups excluding tert-OH is 1. The molecule has 0 spiro atoms. The lowest BCUT2D eigenvalue weighted by atomic mass is 9.90. The van der Waals surface area contributed by atoms with Gasteiger partial charge < -0.3 is 10.0 Å². The van der Waals surface area contributed by atoms with E-state index in [4.69, 9.17) is 5.11 Å². The van der Waals surface area contributed by atoms with E-state index in [2.05, 4.69) is 0 Å². The van der Waals surface area contributed by atoms with E-state index in [-0.39, 0.29) is 23.9 Å². The maximum Gasteiger partial charge on any atom is 0.150 e. The maximum absolute atomic E-state index is 14.0. The third-order valence-electron chi connectivity index (χ3n) is 3.54. The van der Waals surface area contributed by atoms with Crippen LogP contribution < -0.4 is 4.90 Å². The monoisotopic (exact) mass is 269 g/mol. The van der Waals surface area contributed by atoms with Crippen molar-refractivity contribution in [3.05, 3.63) is 29.3 Å². The molecule has 0 aliphatic heterocycles. The molecular formula is C14H17F2NO2. The van der Waals surface area contributed by atoms with Gasteiger partial charge >= 0.3 is 0 Å². The number of aliphatic hydroxyl groups is 1. The molecule has 1 aromatic carbocycles. The molecule has 0 saturated heterocycles. The Bertz CT molecular complexity index is 438. The summed E-state index contributed by atoms with van der Waals surface area (Å²) in [6, 6.07) is 2.23. The van der Waals surface area contributed by atoms with Gasteiger partial charge in [-0.3, -0.25) is 4.79 Å². The van der Waals surface area contributed by atoms with Gasteiger partial charge in [-0.15, -0.1) is 0 Å². The second-order valence-electron chi connectivity index (χ2n) is 4.81. The smallest absolute Gasteiger partial charge is 0.150 e. The molecule has 0 amide bonds. The second kappa shape index (κ2) is 6.10. The van der Waals surface area contributed by atoms with Crippen LogP contribution in [0.3, 0.4) is 0 Å². The van der Waals surface area contributed by atoms with Gasteiger partial charge in [0.25, 0.3) is 0 Å². The van der Waals surface area contributed by atoms with E-state index in [1.54, 1.807) is 4.90 Å². The lowest BCUT2D eigenvalue weighted by Gasteiger charge is -2.39. The molecule has 19 heavy (non-hydrogen) atoms. The fourth-order valence-electron chi connectivity index (χ4n) is 2.34. The van der Waals surface area contributed by atoms with Gasteiger partial charge in [-0.2, -0.15) is 0 Å². The molecular weight excluding hydrogens is 252 g/mol. The Balaban J connectivity index is 2.31. The van der Waals surface area contributed by atoms with Crippen LogP contribution in [0.5, 0.6) is 0 Å². The van der Waals surface area contributed by atoms with Crippen molar-refractivity contribution in [2.75, 3.05) is 18.1 Å². The molecule has 5 heteroatoms. The zero-order chi connectivity index (χ0) is 13.8. The van der Waals surface area contributed by atoms with E-state index < -0.39 is 11.6 Å². The molecule has 104 valence electrons.